The molecular formula is C23H29F5N4O8. The molecule has 3 rings (SSSR count). The highest BCUT2D eigenvalue weighted by molar-refractivity contribution is 5.90. The molecule has 17 heteroatoms. The molecule has 0 aromatic heterocycles. The zero-order valence-corrected chi connectivity index (χ0v) is 21.6. The highest BCUT2D eigenvalue weighted by Gasteiger charge is 2.40. The molecule has 0 saturated carbocycles. The average Bonchev–Trinajstić information content (AvgIpc) is 3.24. The summed E-state index contributed by atoms with van der Waals surface area (Å²) in [6.45, 7) is 1.80. The number of ether oxygens (including phenoxy) is 3. The predicted octanol–water partition coefficient (Wildman–Crippen LogP) is 1.55. The molecule has 2 saturated heterocycles. The molecule has 0 spiro atoms. The van der Waals surface area contributed by atoms with Gasteiger partial charge in [-0.2, -0.15) is 13.2 Å². The van der Waals surface area contributed by atoms with Crippen LogP contribution in [0.25, 0.3) is 0 Å². The monoisotopic (exact) mass is 584 g/mol. The molecule has 1 aromatic carbocycles. The van der Waals surface area contributed by atoms with Gasteiger partial charge in [0.05, 0.1) is 31.9 Å². The zero-order valence-electron chi connectivity index (χ0n) is 21.6. The number of amides is 2. The van der Waals surface area contributed by atoms with Crippen molar-refractivity contribution in [1.29, 1.82) is 0 Å². The number of carbonyl (C=O) groups is 4. The molecule has 2 aliphatic heterocycles. The standard InChI is InChI=1S/C21H28F2N4O6.C2HF3O2/c1-13(28)25-10-15-11-27(20(30)32-15)14-7-16(22)19(17(23)8-14)26-5-3-21(4-6-26,12-31-2)33-18(29)9-24;3-2(4,5)1(6)7/h7-8,15H,3-6,9-12,24H2,1-2H3,(H,25,28);(H,6,7)/t15-;/m0./s1. The van der Waals surface area contributed by atoms with Gasteiger partial charge in [-0.05, 0) is 0 Å². The van der Waals surface area contributed by atoms with Gasteiger partial charge < -0.3 is 35.3 Å². The Bertz CT molecular complexity index is 1070. The highest BCUT2D eigenvalue weighted by atomic mass is 19.4. The van der Waals surface area contributed by atoms with Crippen LogP contribution in [0.2, 0.25) is 0 Å². The Kier molecular flexibility index (Phi) is 11.0. The van der Waals surface area contributed by atoms with Crippen molar-refractivity contribution in [3.05, 3.63) is 23.8 Å². The normalized spacial score (nSPS) is 18.4. The largest absolute Gasteiger partial charge is 0.490 e. The molecule has 1 aromatic rings. The molecular weight excluding hydrogens is 555 g/mol. The van der Waals surface area contributed by atoms with Gasteiger partial charge in [-0.3, -0.25) is 14.5 Å². The Morgan fingerprint density at radius 2 is 1.75 bits per heavy atom. The highest BCUT2D eigenvalue weighted by Crippen LogP contribution is 2.35. The molecule has 0 unspecified atom stereocenters. The van der Waals surface area contributed by atoms with Crippen LogP contribution in [-0.4, -0.2) is 93.4 Å². The van der Waals surface area contributed by atoms with Gasteiger partial charge in [0.15, 0.2) is 11.6 Å². The summed E-state index contributed by atoms with van der Waals surface area (Å²) in [6, 6.07) is 2.15. The van der Waals surface area contributed by atoms with E-state index in [1.807, 2.05) is 0 Å². The maximum Gasteiger partial charge on any atom is 0.490 e. The third kappa shape index (κ3) is 8.64. The number of carboxylic acid groups (broad SMARTS) is 1. The first-order valence-electron chi connectivity index (χ1n) is 11.8. The summed E-state index contributed by atoms with van der Waals surface area (Å²) in [7, 11) is 1.48. The number of carbonyl (C=O) groups excluding carboxylic acids is 3. The first-order valence-corrected chi connectivity index (χ1v) is 11.8. The summed E-state index contributed by atoms with van der Waals surface area (Å²) in [5, 5.41) is 9.67. The molecule has 0 radical (unpaired) electrons. The Balaban J connectivity index is 0.000000708. The molecule has 2 fully saturated rings. The Morgan fingerprint density at radius 3 is 2.20 bits per heavy atom. The van der Waals surface area contributed by atoms with Crippen LogP contribution < -0.4 is 20.9 Å². The molecule has 4 N–H and O–H groups in total. The van der Waals surface area contributed by atoms with Crippen molar-refractivity contribution in [3.63, 3.8) is 0 Å². The maximum atomic E-state index is 15.0. The SMILES string of the molecule is COCC1(OC(=O)CN)CCN(c2c(F)cc(N3C[C@H](CNC(C)=O)OC3=O)cc2F)CC1.O=C(O)C(F)(F)F. The lowest BCUT2D eigenvalue weighted by molar-refractivity contribution is -0.192. The Labute approximate surface area is 225 Å². The van der Waals surface area contributed by atoms with E-state index >= 15 is 0 Å². The third-order valence-electron chi connectivity index (χ3n) is 5.90. The summed E-state index contributed by atoms with van der Waals surface area (Å²) >= 11 is 0. The number of rotatable bonds is 8. The van der Waals surface area contributed by atoms with E-state index in [-0.39, 0.29) is 56.6 Å². The maximum absolute atomic E-state index is 15.0. The zero-order chi connectivity index (χ0) is 30.3. The number of benzene rings is 1. The minimum Gasteiger partial charge on any atom is -0.475 e. The van der Waals surface area contributed by atoms with Crippen LogP contribution in [0.1, 0.15) is 19.8 Å². The van der Waals surface area contributed by atoms with Gasteiger partial charge >= 0.3 is 24.2 Å². The van der Waals surface area contributed by atoms with Crippen molar-refractivity contribution in [2.45, 2.75) is 37.6 Å². The van der Waals surface area contributed by atoms with Crippen molar-refractivity contribution in [3.8, 4) is 0 Å². The van der Waals surface area contributed by atoms with Crippen LogP contribution in [0.15, 0.2) is 12.1 Å². The minimum atomic E-state index is -5.08. The van der Waals surface area contributed by atoms with Crippen LogP contribution in [0.3, 0.4) is 0 Å². The van der Waals surface area contributed by atoms with E-state index in [0.717, 1.165) is 17.0 Å². The number of nitrogens with zero attached hydrogens (tertiary/aromatic N) is 2. The van der Waals surface area contributed by atoms with E-state index in [1.165, 1.54) is 18.9 Å². The number of alkyl halides is 3. The lowest BCUT2D eigenvalue weighted by Gasteiger charge is -2.41. The fourth-order valence-corrected chi connectivity index (χ4v) is 4.07. The minimum absolute atomic E-state index is 0.0201. The number of halogens is 5. The van der Waals surface area contributed by atoms with Crippen LogP contribution in [-0.2, 0) is 28.6 Å². The molecule has 2 heterocycles. The molecule has 40 heavy (non-hydrogen) atoms. The third-order valence-corrected chi connectivity index (χ3v) is 5.90. The molecule has 2 aliphatic rings. The van der Waals surface area contributed by atoms with Gasteiger partial charge in [-0.25, -0.2) is 18.4 Å². The lowest BCUT2D eigenvalue weighted by atomic mass is 9.91. The summed E-state index contributed by atoms with van der Waals surface area (Å²) in [6.07, 6.45) is -5.85. The summed E-state index contributed by atoms with van der Waals surface area (Å²) in [5.74, 6) is -5.27. The number of anilines is 2. The first kappa shape index (κ1) is 32.5. The van der Waals surface area contributed by atoms with Gasteiger partial charge in [0, 0.05) is 52.1 Å². The topological polar surface area (TPSA) is 161 Å². The number of hydrogen-bond acceptors (Lipinski definition) is 9. The number of aliphatic carboxylic acids is 1. The van der Waals surface area contributed by atoms with Crippen molar-refractivity contribution in [1.82, 2.24) is 5.32 Å². The van der Waals surface area contributed by atoms with Gasteiger partial charge in [0.1, 0.15) is 17.4 Å². The number of piperidine rings is 1. The molecule has 2 amide bonds. The quantitative estimate of drug-likeness (QED) is 0.302. The van der Waals surface area contributed by atoms with Gasteiger partial charge in [-0.15, -0.1) is 0 Å². The van der Waals surface area contributed by atoms with Crippen LogP contribution in [0.5, 0.6) is 0 Å². The van der Waals surface area contributed by atoms with E-state index in [2.05, 4.69) is 5.32 Å². The van der Waals surface area contributed by atoms with Crippen LogP contribution >= 0.6 is 0 Å². The van der Waals surface area contributed by atoms with Crippen molar-refractivity contribution in [2.75, 3.05) is 56.2 Å². The Hall–Kier alpha value is -3.73. The number of hydrogen-bond donors (Lipinski definition) is 3. The van der Waals surface area contributed by atoms with E-state index in [1.54, 1.807) is 0 Å². The number of nitrogens with one attached hydrogen (secondary N) is 1. The van der Waals surface area contributed by atoms with Crippen LogP contribution in [0, 0.1) is 11.6 Å². The lowest BCUT2D eigenvalue weighted by Crippen LogP contribution is -2.51. The first-order chi connectivity index (χ1) is 18.6. The fraction of sp³-hybridized carbons (Fsp3) is 0.565. The number of cyclic esters (lactones) is 1. The Morgan fingerprint density at radius 1 is 1.20 bits per heavy atom. The van der Waals surface area contributed by atoms with E-state index in [4.69, 9.17) is 29.8 Å². The average molecular weight is 584 g/mol. The van der Waals surface area contributed by atoms with Crippen molar-refractivity contribution in [2.24, 2.45) is 5.73 Å². The molecule has 1 atom stereocenters. The fourth-order valence-electron chi connectivity index (χ4n) is 4.07. The van der Waals surface area contributed by atoms with Gasteiger partial charge in [0.2, 0.25) is 5.91 Å². The van der Waals surface area contributed by atoms with Gasteiger partial charge in [0.25, 0.3) is 0 Å². The van der Waals surface area contributed by atoms with Crippen LogP contribution in [0.4, 0.5) is 38.1 Å². The smallest absolute Gasteiger partial charge is 0.475 e. The molecule has 224 valence electrons. The van der Waals surface area contributed by atoms with E-state index < -0.39 is 47.5 Å². The second-order valence-corrected chi connectivity index (χ2v) is 8.90. The van der Waals surface area contributed by atoms with E-state index in [0.29, 0.717) is 12.8 Å². The van der Waals surface area contributed by atoms with Gasteiger partial charge in [-0.1, -0.05) is 0 Å². The number of carboxylic acids is 1. The van der Waals surface area contributed by atoms with E-state index in [9.17, 15) is 36.3 Å². The second kappa shape index (κ2) is 13.6. The summed E-state index contributed by atoms with van der Waals surface area (Å²) in [4.78, 5) is 46.5. The van der Waals surface area contributed by atoms with Crippen molar-refractivity contribution < 1.29 is 60.4 Å². The van der Waals surface area contributed by atoms with Crippen molar-refractivity contribution >= 4 is 35.3 Å². The summed E-state index contributed by atoms with van der Waals surface area (Å²) in [5.41, 5.74) is 4.23. The second-order valence-electron chi connectivity index (χ2n) is 8.90. The molecule has 12 nitrogen and oxygen atoms in total. The molecule has 0 aliphatic carbocycles. The molecule has 0 bridgehead atoms. The summed E-state index contributed by atoms with van der Waals surface area (Å²) < 4.78 is 77.5. The number of esters is 1. The predicted molar refractivity (Wildman–Crippen MR) is 128 cm³/mol. The number of methoxy groups -OCH3 is 1. The number of nitrogens with two attached hydrogens (primary N) is 1.